The van der Waals surface area contributed by atoms with Gasteiger partial charge in [-0.1, -0.05) is 18.2 Å². The highest BCUT2D eigenvalue weighted by Gasteiger charge is 2.11. The molecule has 1 N–H and O–H groups in total. The van der Waals surface area contributed by atoms with Crippen molar-refractivity contribution in [2.75, 3.05) is 19.0 Å². The highest BCUT2D eigenvalue weighted by molar-refractivity contribution is 9.10. The SMILES string of the molecule is COc1ccc(Br)c(NCCc2ccccc2[N+](=O)[O-])c1. The molecule has 0 saturated carbocycles. The molecule has 0 bridgehead atoms. The normalized spacial score (nSPS) is 10.2. The van der Waals surface area contributed by atoms with Crippen molar-refractivity contribution in [3.05, 3.63) is 62.6 Å². The molecule has 0 unspecified atom stereocenters. The smallest absolute Gasteiger partial charge is 0.272 e. The van der Waals surface area contributed by atoms with E-state index in [9.17, 15) is 10.1 Å². The standard InChI is InChI=1S/C15H15BrN2O3/c1-21-12-6-7-13(16)14(10-12)17-9-8-11-4-2-3-5-15(11)18(19)20/h2-7,10,17H,8-9H2,1H3. The number of halogens is 1. The van der Waals surface area contributed by atoms with E-state index in [1.165, 1.54) is 6.07 Å². The van der Waals surface area contributed by atoms with E-state index in [1.807, 2.05) is 24.3 Å². The summed E-state index contributed by atoms with van der Waals surface area (Å²) in [6.07, 6.45) is 0.570. The van der Waals surface area contributed by atoms with Gasteiger partial charge in [-0.05, 0) is 34.5 Å². The van der Waals surface area contributed by atoms with Crippen molar-refractivity contribution in [1.29, 1.82) is 0 Å². The highest BCUT2D eigenvalue weighted by atomic mass is 79.9. The summed E-state index contributed by atoms with van der Waals surface area (Å²) in [7, 11) is 1.61. The van der Waals surface area contributed by atoms with E-state index in [1.54, 1.807) is 19.2 Å². The topological polar surface area (TPSA) is 64.4 Å². The Labute approximate surface area is 131 Å². The number of ether oxygens (including phenoxy) is 1. The largest absolute Gasteiger partial charge is 0.497 e. The van der Waals surface area contributed by atoms with E-state index >= 15 is 0 Å². The van der Waals surface area contributed by atoms with Crippen LogP contribution in [-0.4, -0.2) is 18.6 Å². The van der Waals surface area contributed by atoms with Gasteiger partial charge in [-0.2, -0.15) is 0 Å². The molecule has 5 nitrogen and oxygen atoms in total. The maximum Gasteiger partial charge on any atom is 0.272 e. The predicted molar refractivity (Wildman–Crippen MR) is 86.0 cm³/mol. The molecule has 0 heterocycles. The van der Waals surface area contributed by atoms with Crippen LogP contribution >= 0.6 is 15.9 Å². The molecule has 0 fully saturated rings. The molecule has 0 aliphatic carbocycles. The molecule has 2 aromatic carbocycles. The second-order valence-electron chi connectivity index (χ2n) is 4.41. The molecule has 0 atom stereocenters. The molecule has 0 saturated heterocycles. The monoisotopic (exact) mass is 350 g/mol. The third kappa shape index (κ3) is 3.95. The Kier molecular flexibility index (Phi) is 5.16. The Morgan fingerprint density at radius 3 is 2.76 bits per heavy atom. The van der Waals surface area contributed by atoms with E-state index in [0.717, 1.165) is 15.9 Å². The molecule has 6 heteroatoms. The third-order valence-electron chi connectivity index (χ3n) is 3.07. The first kappa shape index (κ1) is 15.3. The summed E-state index contributed by atoms with van der Waals surface area (Å²) in [5.74, 6) is 0.756. The molecule has 0 aliphatic heterocycles. The quantitative estimate of drug-likeness (QED) is 0.631. The van der Waals surface area contributed by atoms with Crippen molar-refractivity contribution in [3.63, 3.8) is 0 Å². The molecule has 0 amide bonds. The predicted octanol–water partition coefficient (Wildman–Crippen LogP) is 4.02. The Bertz CT molecular complexity index is 647. The third-order valence-corrected chi connectivity index (χ3v) is 3.76. The maximum absolute atomic E-state index is 11.0. The summed E-state index contributed by atoms with van der Waals surface area (Å²) in [5, 5.41) is 14.2. The number of benzene rings is 2. The zero-order valence-electron chi connectivity index (χ0n) is 11.5. The number of hydrogen-bond acceptors (Lipinski definition) is 4. The number of methoxy groups -OCH3 is 1. The summed E-state index contributed by atoms with van der Waals surface area (Å²) in [5.41, 5.74) is 1.77. The molecule has 0 spiro atoms. The van der Waals surface area contributed by atoms with E-state index in [2.05, 4.69) is 21.2 Å². The van der Waals surface area contributed by atoms with Crippen LogP contribution in [0.3, 0.4) is 0 Å². The van der Waals surface area contributed by atoms with Gasteiger partial charge in [-0.15, -0.1) is 0 Å². The van der Waals surface area contributed by atoms with Crippen molar-refractivity contribution in [2.24, 2.45) is 0 Å². The fourth-order valence-electron chi connectivity index (χ4n) is 2.00. The first-order valence-electron chi connectivity index (χ1n) is 6.41. The summed E-state index contributed by atoms with van der Waals surface area (Å²) in [4.78, 5) is 10.6. The van der Waals surface area contributed by atoms with Crippen LogP contribution in [-0.2, 0) is 6.42 Å². The molecule has 0 aliphatic rings. The Morgan fingerprint density at radius 2 is 2.05 bits per heavy atom. The van der Waals surface area contributed by atoms with Crippen LogP contribution < -0.4 is 10.1 Å². The van der Waals surface area contributed by atoms with Gasteiger partial charge in [-0.3, -0.25) is 10.1 Å². The van der Waals surface area contributed by atoms with Gasteiger partial charge in [0, 0.05) is 28.7 Å². The fourth-order valence-corrected chi connectivity index (χ4v) is 2.39. The average molecular weight is 351 g/mol. The Morgan fingerprint density at radius 1 is 1.29 bits per heavy atom. The van der Waals surface area contributed by atoms with Gasteiger partial charge in [0.25, 0.3) is 5.69 Å². The lowest BCUT2D eigenvalue weighted by molar-refractivity contribution is -0.385. The number of nitro groups is 1. The van der Waals surface area contributed by atoms with Gasteiger partial charge < -0.3 is 10.1 Å². The molecule has 2 aromatic rings. The second-order valence-corrected chi connectivity index (χ2v) is 5.26. The summed E-state index contributed by atoms with van der Waals surface area (Å²) in [6.45, 7) is 0.594. The van der Waals surface area contributed by atoms with Crippen LogP contribution in [0.5, 0.6) is 5.75 Å². The number of nitrogens with zero attached hydrogens (tertiary/aromatic N) is 1. The lowest BCUT2D eigenvalue weighted by Gasteiger charge is -2.10. The van der Waals surface area contributed by atoms with Crippen molar-refractivity contribution in [1.82, 2.24) is 0 Å². The Hall–Kier alpha value is -2.08. The number of rotatable bonds is 6. The number of para-hydroxylation sites is 1. The van der Waals surface area contributed by atoms with Crippen molar-refractivity contribution < 1.29 is 9.66 Å². The van der Waals surface area contributed by atoms with Crippen LogP contribution in [0.1, 0.15) is 5.56 Å². The van der Waals surface area contributed by atoms with Crippen molar-refractivity contribution in [3.8, 4) is 5.75 Å². The van der Waals surface area contributed by atoms with E-state index in [0.29, 0.717) is 18.5 Å². The van der Waals surface area contributed by atoms with Crippen LogP contribution in [0.25, 0.3) is 0 Å². The van der Waals surface area contributed by atoms with Crippen LogP contribution in [0.15, 0.2) is 46.9 Å². The van der Waals surface area contributed by atoms with Gasteiger partial charge in [0.15, 0.2) is 0 Å². The fraction of sp³-hybridized carbons (Fsp3) is 0.200. The molecule has 0 aromatic heterocycles. The van der Waals surface area contributed by atoms with Gasteiger partial charge in [0.2, 0.25) is 0 Å². The number of hydrogen-bond donors (Lipinski definition) is 1. The summed E-state index contributed by atoms with van der Waals surface area (Å²) in [6, 6.07) is 12.4. The molecule has 0 radical (unpaired) electrons. The van der Waals surface area contributed by atoms with E-state index in [4.69, 9.17) is 4.74 Å². The highest BCUT2D eigenvalue weighted by Crippen LogP contribution is 2.27. The van der Waals surface area contributed by atoms with E-state index < -0.39 is 0 Å². The minimum atomic E-state index is -0.350. The first-order chi connectivity index (χ1) is 10.1. The maximum atomic E-state index is 11.0. The first-order valence-corrected chi connectivity index (χ1v) is 7.21. The van der Waals surface area contributed by atoms with Crippen LogP contribution in [0.4, 0.5) is 11.4 Å². The van der Waals surface area contributed by atoms with Gasteiger partial charge in [0.05, 0.1) is 17.7 Å². The summed E-state index contributed by atoms with van der Waals surface area (Å²) < 4.78 is 6.10. The van der Waals surface area contributed by atoms with Gasteiger partial charge in [-0.25, -0.2) is 0 Å². The average Bonchev–Trinajstić information content (AvgIpc) is 2.49. The Balaban J connectivity index is 2.03. The van der Waals surface area contributed by atoms with Gasteiger partial charge >= 0.3 is 0 Å². The van der Waals surface area contributed by atoms with Gasteiger partial charge in [0.1, 0.15) is 5.75 Å². The molecule has 110 valence electrons. The number of nitro benzene ring substituents is 1. The zero-order chi connectivity index (χ0) is 15.2. The minimum absolute atomic E-state index is 0.156. The molecule has 2 rings (SSSR count). The number of anilines is 1. The van der Waals surface area contributed by atoms with Crippen LogP contribution in [0, 0.1) is 10.1 Å². The summed E-state index contributed by atoms with van der Waals surface area (Å²) >= 11 is 3.46. The van der Waals surface area contributed by atoms with Crippen LogP contribution in [0.2, 0.25) is 0 Å². The molecular weight excluding hydrogens is 336 g/mol. The lowest BCUT2D eigenvalue weighted by Crippen LogP contribution is -2.07. The minimum Gasteiger partial charge on any atom is -0.497 e. The van der Waals surface area contributed by atoms with E-state index in [-0.39, 0.29) is 10.6 Å². The number of nitrogens with one attached hydrogen (secondary N) is 1. The van der Waals surface area contributed by atoms with Crippen molar-refractivity contribution >= 4 is 27.3 Å². The molecule has 21 heavy (non-hydrogen) atoms. The zero-order valence-corrected chi connectivity index (χ0v) is 13.1. The molecular formula is C15H15BrN2O3. The van der Waals surface area contributed by atoms with Crippen molar-refractivity contribution in [2.45, 2.75) is 6.42 Å². The lowest BCUT2D eigenvalue weighted by atomic mass is 10.1. The second kappa shape index (κ2) is 7.08.